The molecule has 4 nitrogen and oxygen atoms in total. The van der Waals surface area contributed by atoms with E-state index in [1.807, 2.05) is 49.2 Å². The van der Waals surface area contributed by atoms with Crippen LogP contribution in [-0.4, -0.2) is 48.7 Å². The maximum absolute atomic E-state index is 11.6. The van der Waals surface area contributed by atoms with E-state index in [4.69, 9.17) is 5.11 Å². The van der Waals surface area contributed by atoms with Crippen molar-refractivity contribution in [3.63, 3.8) is 0 Å². The van der Waals surface area contributed by atoms with Gasteiger partial charge in [-0.1, -0.05) is 30.3 Å². The lowest BCUT2D eigenvalue weighted by atomic mass is 10.1. The van der Waals surface area contributed by atoms with E-state index in [0.717, 1.165) is 6.42 Å². The third kappa shape index (κ3) is 5.29. The standard InChI is InChI=1S/C14H22N2O2/c1-12(11-17)16(2)10-14(18)15-9-8-13-6-4-3-5-7-13/h3-7,12,17H,8-11H2,1-2H3,(H,15,18). The monoisotopic (exact) mass is 250 g/mol. The minimum Gasteiger partial charge on any atom is -0.395 e. The van der Waals surface area contributed by atoms with Crippen molar-refractivity contribution >= 4 is 5.91 Å². The smallest absolute Gasteiger partial charge is 0.234 e. The zero-order valence-corrected chi connectivity index (χ0v) is 11.1. The molecule has 1 aromatic rings. The van der Waals surface area contributed by atoms with Crippen LogP contribution in [0.5, 0.6) is 0 Å². The summed E-state index contributed by atoms with van der Waals surface area (Å²) in [5.41, 5.74) is 1.22. The van der Waals surface area contributed by atoms with Crippen LogP contribution < -0.4 is 5.32 Å². The molecule has 0 aliphatic heterocycles. The molecule has 0 aromatic heterocycles. The first-order chi connectivity index (χ1) is 8.63. The Bertz CT molecular complexity index is 354. The third-order valence-corrected chi connectivity index (χ3v) is 2.99. The van der Waals surface area contributed by atoms with Crippen molar-refractivity contribution < 1.29 is 9.90 Å². The number of likely N-dealkylation sites (N-methyl/N-ethyl adjacent to an activating group) is 1. The number of benzene rings is 1. The minimum absolute atomic E-state index is 0.00451. The van der Waals surface area contributed by atoms with E-state index in [0.29, 0.717) is 13.1 Å². The lowest BCUT2D eigenvalue weighted by Gasteiger charge is -2.21. The molecule has 2 N–H and O–H groups in total. The Morgan fingerprint density at radius 2 is 2.06 bits per heavy atom. The van der Waals surface area contributed by atoms with Crippen LogP contribution in [0, 0.1) is 0 Å². The number of aliphatic hydroxyl groups is 1. The molecule has 100 valence electrons. The molecule has 18 heavy (non-hydrogen) atoms. The summed E-state index contributed by atoms with van der Waals surface area (Å²) in [4.78, 5) is 13.5. The average molecular weight is 250 g/mol. The van der Waals surface area contributed by atoms with Gasteiger partial charge in [0.15, 0.2) is 0 Å². The molecule has 0 saturated carbocycles. The zero-order chi connectivity index (χ0) is 13.4. The first-order valence-corrected chi connectivity index (χ1v) is 6.25. The van der Waals surface area contributed by atoms with Gasteiger partial charge in [-0.05, 0) is 26.0 Å². The second-order valence-electron chi connectivity index (χ2n) is 4.53. The van der Waals surface area contributed by atoms with E-state index < -0.39 is 0 Å². The SMILES string of the molecule is CC(CO)N(C)CC(=O)NCCc1ccccc1. The van der Waals surface area contributed by atoms with Crippen molar-refractivity contribution in [1.82, 2.24) is 10.2 Å². The Morgan fingerprint density at radius 1 is 1.39 bits per heavy atom. The maximum Gasteiger partial charge on any atom is 0.234 e. The van der Waals surface area contributed by atoms with E-state index in [1.54, 1.807) is 0 Å². The molecule has 1 rings (SSSR count). The van der Waals surface area contributed by atoms with Gasteiger partial charge >= 0.3 is 0 Å². The summed E-state index contributed by atoms with van der Waals surface area (Å²) in [5, 5.41) is 11.8. The maximum atomic E-state index is 11.6. The Labute approximate surface area is 109 Å². The summed E-state index contributed by atoms with van der Waals surface area (Å²) in [5.74, 6) is -0.00580. The quantitative estimate of drug-likeness (QED) is 0.747. The van der Waals surface area contributed by atoms with Gasteiger partial charge in [0, 0.05) is 12.6 Å². The van der Waals surface area contributed by atoms with Crippen molar-refractivity contribution in [1.29, 1.82) is 0 Å². The molecular formula is C14H22N2O2. The van der Waals surface area contributed by atoms with Gasteiger partial charge < -0.3 is 10.4 Å². The first kappa shape index (κ1) is 14.7. The first-order valence-electron chi connectivity index (χ1n) is 6.25. The molecule has 0 aliphatic rings. The third-order valence-electron chi connectivity index (χ3n) is 2.99. The normalized spacial score (nSPS) is 12.4. The van der Waals surface area contributed by atoms with E-state index in [9.17, 15) is 4.79 Å². The topological polar surface area (TPSA) is 52.6 Å². The van der Waals surface area contributed by atoms with E-state index in [-0.39, 0.29) is 18.6 Å². The number of aliphatic hydroxyl groups excluding tert-OH is 1. The Hall–Kier alpha value is -1.39. The van der Waals surface area contributed by atoms with Crippen molar-refractivity contribution in [2.75, 3.05) is 26.7 Å². The van der Waals surface area contributed by atoms with Crippen LogP contribution in [0.2, 0.25) is 0 Å². The van der Waals surface area contributed by atoms with Crippen LogP contribution in [0.25, 0.3) is 0 Å². The number of carbonyl (C=O) groups excluding carboxylic acids is 1. The number of amides is 1. The van der Waals surface area contributed by atoms with Gasteiger partial charge in [0.1, 0.15) is 0 Å². The van der Waals surface area contributed by atoms with Crippen LogP contribution >= 0.6 is 0 Å². The Morgan fingerprint density at radius 3 is 2.67 bits per heavy atom. The number of rotatable bonds is 7. The fourth-order valence-corrected chi connectivity index (χ4v) is 1.57. The molecule has 1 unspecified atom stereocenters. The fraction of sp³-hybridized carbons (Fsp3) is 0.500. The highest BCUT2D eigenvalue weighted by molar-refractivity contribution is 5.78. The molecule has 1 amide bonds. The van der Waals surface area contributed by atoms with Crippen molar-refractivity contribution in [2.45, 2.75) is 19.4 Å². The summed E-state index contributed by atoms with van der Waals surface area (Å²) in [6.45, 7) is 2.91. The molecule has 0 radical (unpaired) electrons. The largest absolute Gasteiger partial charge is 0.395 e. The molecule has 0 bridgehead atoms. The average Bonchev–Trinajstić information content (AvgIpc) is 2.38. The van der Waals surface area contributed by atoms with Crippen molar-refractivity contribution in [2.24, 2.45) is 0 Å². The lowest BCUT2D eigenvalue weighted by molar-refractivity contribution is -0.122. The fourth-order valence-electron chi connectivity index (χ4n) is 1.57. The number of hydrogen-bond acceptors (Lipinski definition) is 3. The molecule has 0 heterocycles. The van der Waals surface area contributed by atoms with Gasteiger partial charge in [0.2, 0.25) is 5.91 Å². The summed E-state index contributed by atoms with van der Waals surface area (Å²) in [7, 11) is 1.83. The second-order valence-corrected chi connectivity index (χ2v) is 4.53. The molecule has 4 heteroatoms. The van der Waals surface area contributed by atoms with Gasteiger partial charge in [-0.25, -0.2) is 0 Å². The van der Waals surface area contributed by atoms with Gasteiger partial charge in [0.05, 0.1) is 13.2 Å². The van der Waals surface area contributed by atoms with Crippen LogP contribution in [0.1, 0.15) is 12.5 Å². The van der Waals surface area contributed by atoms with Crippen LogP contribution in [-0.2, 0) is 11.2 Å². The van der Waals surface area contributed by atoms with Gasteiger partial charge in [-0.15, -0.1) is 0 Å². The van der Waals surface area contributed by atoms with Crippen LogP contribution in [0.4, 0.5) is 0 Å². The van der Waals surface area contributed by atoms with Crippen LogP contribution in [0.15, 0.2) is 30.3 Å². The van der Waals surface area contributed by atoms with Gasteiger partial charge in [0.25, 0.3) is 0 Å². The lowest BCUT2D eigenvalue weighted by Crippen LogP contribution is -2.41. The molecule has 1 atom stereocenters. The van der Waals surface area contributed by atoms with E-state index in [2.05, 4.69) is 5.32 Å². The summed E-state index contributed by atoms with van der Waals surface area (Å²) < 4.78 is 0. The number of carbonyl (C=O) groups is 1. The van der Waals surface area contributed by atoms with Crippen molar-refractivity contribution in [3.8, 4) is 0 Å². The molecule has 0 aliphatic carbocycles. The molecule has 1 aromatic carbocycles. The predicted octanol–water partition coefficient (Wildman–Crippen LogP) is 0.658. The minimum atomic E-state index is -0.00580. The molecular weight excluding hydrogens is 228 g/mol. The van der Waals surface area contributed by atoms with Crippen molar-refractivity contribution in [3.05, 3.63) is 35.9 Å². The predicted molar refractivity (Wildman–Crippen MR) is 72.3 cm³/mol. The number of hydrogen-bond donors (Lipinski definition) is 2. The molecule has 0 fully saturated rings. The highest BCUT2D eigenvalue weighted by atomic mass is 16.3. The van der Waals surface area contributed by atoms with E-state index >= 15 is 0 Å². The molecule has 0 saturated heterocycles. The zero-order valence-electron chi connectivity index (χ0n) is 11.1. The number of nitrogens with zero attached hydrogens (tertiary/aromatic N) is 1. The Balaban J connectivity index is 2.21. The van der Waals surface area contributed by atoms with E-state index in [1.165, 1.54) is 5.56 Å². The molecule has 0 spiro atoms. The summed E-state index contributed by atoms with van der Waals surface area (Å²) >= 11 is 0. The highest BCUT2D eigenvalue weighted by Gasteiger charge is 2.11. The van der Waals surface area contributed by atoms with Gasteiger partial charge in [-0.3, -0.25) is 9.69 Å². The second kappa shape index (κ2) is 7.84. The van der Waals surface area contributed by atoms with Gasteiger partial charge in [-0.2, -0.15) is 0 Å². The van der Waals surface area contributed by atoms with Crippen LogP contribution in [0.3, 0.4) is 0 Å². The Kier molecular flexibility index (Phi) is 6.39. The summed E-state index contributed by atoms with van der Waals surface area (Å²) in [6.07, 6.45) is 0.839. The summed E-state index contributed by atoms with van der Waals surface area (Å²) in [6, 6.07) is 10.1. The number of nitrogens with one attached hydrogen (secondary N) is 1. The highest BCUT2D eigenvalue weighted by Crippen LogP contribution is 1.98.